The lowest BCUT2D eigenvalue weighted by Crippen LogP contribution is -2.54. The molecule has 0 spiro atoms. The van der Waals surface area contributed by atoms with Crippen molar-refractivity contribution in [2.24, 2.45) is 5.92 Å². The van der Waals surface area contributed by atoms with Crippen LogP contribution in [0.25, 0.3) is 0 Å². The van der Waals surface area contributed by atoms with E-state index < -0.39 is 0 Å². The number of aromatic amines is 1. The molecule has 0 amide bonds. The largest absolute Gasteiger partial charge is 0.347 e. The third kappa shape index (κ3) is 3.76. The van der Waals surface area contributed by atoms with Gasteiger partial charge < -0.3 is 4.98 Å². The second kappa shape index (κ2) is 7.07. The fourth-order valence-electron chi connectivity index (χ4n) is 3.31. The minimum Gasteiger partial charge on any atom is -0.347 e. The Labute approximate surface area is 133 Å². The van der Waals surface area contributed by atoms with Crippen LogP contribution in [0.5, 0.6) is 0 Å². The molecule has 1 aliphatic rings. The van der Waals surface area contributed by atoms with Crippen molar-refractivity contribution in [3.63, 3.8) is 0 Å². The maximum atomic E-state index is 4.14. The average molecular weight is 298 g/mol. The highest BCUT2D eigenvalue weighted by Crippen LogP contribution is 2.20. The number of hydrogen-bond donors (Lipinski definition) is 1. The van der Waals surface area contributed by atoms with Gasteiger partial charge in [-0.05, 0) is 11.5 Å². The fourth-order valence-corrected chi connectivity index (χ4v) is 3.31. The smallest absolute Gasteiger partial charge is 0.0922 e. The van der Waals surface area contributed by atoms with Gasteiger partial charge >= 0.3 is 0 Å². The first-order valence-corrected chi connectivity index (χ1v) is 8.20. The minimum absolute atomic E-state index is 0.598. The Bertz CT molecular complexity index is 550. The van der Waals surface area contributed by atoms with Crippen LogP contribution in [0, 0.1) is 5.92 Å². The summed E-state index contributed by atoms with van der Waals surface area (Å²) in [5.41, 5.74) is 2.62. The minimum atomic E-state index is 0.598. The van der Waals surface area contributed by atoms with Gasteiger partial charge in [-0.25, -0.2) is 4.98 Å². The molecule has 1 saturated heterocycles. The molecule has 22 heavy (non-hydrogen) atoms. The Morgan fingerprint density at radius 2 is 2.00 bits per heavy atom. The molecule has 4 heteroatoms. The predicted octanol–water partition coefficient (Wildman–Crippen LogP) is 2.75. The molecule has 2 heterocycles. The zero-order valence-corrected chi connectivity index (χ0v) is 13.6. The molecule has 118 valence electrons. The van der Waals surface area contributed by atoms with Crippen LogP contribution in [-0.2, 0) is 13.1 Å². The van der Waals surface area contributed by atoms with Crippen LogP contribution in [0.2, 0.25) is 0 Å². The zero-order valence-electron chi connectivity index (χ0n) is 13.6. The molecule has 0 aliphatic carbocycles. The maximum absolute atomic E-state index is 4.14. The summed E-state index contributed by atoms with van der Waals surface area (Å²) in [5.74, 6) is 0.654. The van der Waals surface area contributed by atoms with Gasteiger partial charge in [0.05, 0.1) is 6.33 Å². The van der Waals surface area contributed by atoms with E-state index in [0.717, 1.165) is 32.7 Å². The van der Waals surface area contributed by atoms with Gasteiger partial charge in [0.2, 0.25) is 0 Å². The quantitative estimate of drug-likeness (QED) is 0.922. The maximum Gasteiger partial charge on any atom is 0.0922 e. The number of H-pyrrole nitrogens is 1. The van der Waals surface area contributed by atoms with Crippen molar-refractivity contribution in [1.29, 1.82) is 0 Å². The summed E-state index contributed by atoms with van der Waals surface area (Å²) in [7, 11) is 0. The number of nitrogens with zero attached hydrogens (tertiary/aromatic N) is 3. The molecule has 3 rings (SSSR count). The van der Waals surface area contributed by atoms with E-state index in [0.29, 0.717) is 12.0 Å². The van der Waals surface area contributed by atoms with Gasteiger partial charge in [-0.1, -0.05) is 44.2 Å². The highest BCUT2D eigenvalue weighted by atomic mass is 15.3. The Hall–Kier alpha value is -1.65. The lowest BCUT2D eigenvalue weighted by Gasteiger charge is -2.43. The van der Waals surface area contributed by atoms with Crippen LogP contribution < -0.4 is 0 Å². The number of benzene rings is 1. The summed E-state index contributed by atoms with van der Waals surface area (Å²) >= 11 is 0. The fraction of sp³-hybridized carbons (Fsp3) is 0.500. The molecule has 1 aliphatic heterocycles. The second-order valence-electron chi connectivity index (χ2n) is 6.58. The highest BCUT2D eigenvalue weighted by Gasteiger charge is 2.29. The molecule has 0 saturated carbocycles. The van der Waals surface area contributed by atoms with Crippen LogP contribution in [-0.4, -0.2) is 45.4 Å². The number of imidazole rings is 1. The van der Waals surface area contributed by atoms with Crippen LogP contribution >= 0.6 is 0 Å². The first kappa shape index (κ1) is 15.3. The van der Waals surface area contributed by atoms with Gasteiger partial charge in [0.15, 0.2) is 0 Å². The molecule has 1 aromatic carbocycles. The number of hydrogen-bond acceptors (Lipinski definition) is 3. The van der Waals surface area contributed by atoms with E-state index in [1.807, 2.05) is 6.20 Å². The van der Waals surface area contributed by atoms with Crippen LogP contribution in [0.4, 0.5) is 0 Å². The number of aromatic nitrogens is 2. The summed E-state index contributed by atoms with van der Waals surface area (Å²) in [5, 5.41) is 0. The summed E-state index contributed by atoms with van der Waals surface area (Å²) < 4.78 is 0. The second-order valence-corrected chi connectivity index (χ2v) is 6.58. The number of piperazine rings is 1. The standard InChI is InChI=1S/C18H26N4/c1-15(2)18-13-21(11-16-6-4-3-5-7-16)8-9-22(18)12-17-10-19-14-20-17/h3-7,10,14-15,18H,8-9,11-13H2,1-2H3,(H,19,20)/t18-/m1/s1. The highest BCUT2D eigenvalue weighted by molar-refractivity contribution is 5.14. The van der Waals surface area contributed by atoms with E-state index in [1.165, 1.54) is 11.3 Å². The molecular formula is C18H26N4. The molecule has 1 atom stereocenters. The van der Waals surface area contributed by atoms with Crippen molar-refractivity contribution in [3.05, 3.63) is 54.1 Å². The van der Waals surface area contributed by atoms with E-state index in [-0.39, 0.29) is 0 Å². The summed E-state index contributed by atoms with van der Waals surface area (Å²) in [6, 6.07) is 11.4. The lowest BCUT2D eigenvalue weighted by atomic mass is 9.99. The first-order valence-electron chi connectivity index (χ1n) is 8.20. The number of rotatable bonds is 5. The topological polar surface area (TPSA) is 35.2 Å². The van der Waals surface area contributed by atoms with E-state index in [9.17, 15) is 0 Å². The SMILES string of the molecule is CC(C)[C@H]1CN(Cc2ccccc2)CCN1Cc1cnc[nH]1. The predicted molar refractivity (Wildman–Crippen MR) is 89.3 cm³/mol. The monoisotopic (exact) mass is 298 g/mol. The molecule has 1 aromatic heterocycles. The van der Waals surface area contributed by atoms with E-state index in [1.54, 1.807) is 6.33 Å². The molecule has 1 N–H and O–H groups in total. The molecule has 4 nitrogen and oxygen atoms in total. The van der Waals surface area contributed by atoms with E-state index in [4.69, 9.17) is 0 Å². The van der Waals surface area contributed by atoms with E-state index in [2.05, 4.69) is 63.9 Å². The van der Waals surface area contributed by atoms with Gasteiger partial charge in [-0.2, -0.15) is 0 Å². The Morgan fingerprint density at radius 1 is 1.18 bits per heavy atom. The first-order chi connectivity index (χ1) is 10.7. The van der Waals surface area contributed by atoms with Crippen molar-refractivity contribution < 1.29 is 0 Å². The zero-order chi connectivity index (χ0) is 15.4. The summed E-state index contributed by atoms with van der Waals surface area (Å²) in [6.45, 7) is 10.1. The molecular weight excluding hydrogens is 272 g/mol. The lowest BCUT2D eigenvalue weighted by molar-refractivity contribution is 0.0397. The van der Waals surface area contributed by atoms with Crippen molar-refractivity contribution >= 4 is 0 Å². The summed E-state index contributed by atoms with van der Waals surface area (Å²) in [4.78, 5) is 12.5. The Balaban J connectivity index is 1.63. The van der Waals surface area contributed by atoms with Crippen LogP contribution in [0.15, 0.2) is 42.9 Å². The third-order valence-electron chi connectivity index (χ3n) is 4.56. The van der Waals surface area contributed by atoms with Crippen molar-refractivity contribution in [1.82, 2.24) is 19.8 Å². The average Bonchev–Trinajstić information content (AvgIpc) is 3.02. The van der Waals surface area contributed by atoms with Crippen LogP contribution in [0.1, 0.15) is 25.1 Å². The molecule has 0 bridgehead atoms. The van der Waals surface area contributed by atoms with E-state index >= 15 is 0 Å². The van der Waals surface area contributed by atoms with Gasteiger partial charge in [0, 0.05) is 50.7 Å². The van der Waals surface area contributed by atoms with Crippen molar-refractivity contribution in [2.45, 2.75) is 33.0 Å². The number of nitrogens with one attached hydrogen (secondary N) is 1. The summed E-state index contributed by atoms with van der Waals surface area (Å²) in [6.07, 6.45) is 3.71. The third-order valence-corrected chi connectivity index (χ3v) is 4.56. The van der Waals surface area contributed by atoms with Gasteiger partial charge in [0.25, 0.3) is 0 Å². The normalized spacial score (nSPS) is 20.6. The van der Waals surface area contributed by atoms with Gasteiger partial charge in [-0.3, -0.25) is 9.80 Å². The molecule has 0 unspecified atom stereocenters. The van der Waals surface area contributed by atoms with Crippen molar-refractivity contribution in [3.8, 4) is 0 Å². The Kier molecular flexibility index (Phi) is 4.90. The molecule has 0 radical (unpaired) electrons. The molecule has 1 fully saturated rings. The molecule has 2 aromatic rings. The van der Waals surface area contributed by atoms with Crippen molar-refractivity contribution in [2.75, 3.05) is 19.6 Å². The Morgan fingerprint density at radius 3 is 2.68 bits per heavy atom. The van der Waals surface area contributed by atoms with Crippen LogP contribution in [0.3, 0.4) is 0 Å². The van der Waals surface area contributed by atoms with Gasteiger partial charge in [0.1, 0.15) is 0 Å². The van der Waals surface area contributed by atoms with Gasteiger partial charge in [-0.15, -0.1) is 0 Å².